The van der Waals surface area contributed by atoms with Crippen molar-refractivity contribution in [2.24, 2.45) is 5.41 Å². The molecule has 2 aromatic rings. The minimum absolute atomic E-state index is 0.102. The predicted octanol–water partition coefficient (Wildman–Crippen LogP) is 2.63. The Morgan fingerprint density at radius 3 is 2.76 bits per heavy atom. The number of pyridine rings is 1. The molecule has 0 saturated heterocycles. The molecule has 0 aliphatic rings. The van der Waals surface area contributed by atoms with Gasteiger partial charge in [-0.05, 0) is 12.1 Å². The first-order chi connectivity index (χ1) is 8.12. The van der Waals surface area contributed by atoms with Gasteiger partial charge in [0.2, 0.25) is 0 Å². The first-order valence-electron chi connectivity index (χ1n) is 5.70. The number of fused-ring (bicyclic) bond motifs is 1. The van der Waals surface area contributed by atoms with Gasteiger partial charge in [0.15, 0.2) is 0 Å². The van der Waals surface area contributed by atoms with E-state index in [2.05, 4.69) is 4.98 Å². The number of rotatable bonds is 4. The molecule has 0 saturated carbocycles. The third kappa shape index (κ3) is 2.74. The van der Waals surface area contributed by atoms with Crippen molar-refractivity contribution in [1.29, 1.82) is 0 Å². The summed E-state index contributed by atoms with van der Waals surface area (Å²) < 4.78 is 5.75. The van der Waals surface area contributed by atoms with Gasteiger partial charge in [0, 0.05) is 17.0 Å². The van der Waals surface area contributed by atoms with Crippen molar-refractivity contribution < 1.29 is 9.84 Å². The molecule has 0 atom stereocenters. The average molecular weight is 231 g/mol. The maximum Gasteiger partial charge on any atom is 0.145 e. The largest absolute Gasteiger partial charge is 0.491 e. The van der Waals surface area contributed by atoms with Gasteiger partial charge in [-0.1, -0.05) is 32.0 Å². The summed E-state index contributed by atoms with van der Waals surface area (Å²) in [6, 6.07) is 9.77. The Balaban J connectivity index is 2.24. The highest BCUT2D eigenvalue weighted by Crippen LogP contribution is 2.25. The second-order valence-electron chi connectivity index (χ2n) is 4.94. The molecule has 0 aliphatic heterocycles. The second-order valence-corrected chi connectivity index (χ2v) is 4.94. The van der Waals surface area contributed by atoms with Crippen LogP contribution >= 0.6 is 0 Å². The molecule has 2 rings (SSSR count). The minimum Gasteiger partial charge on any atom is -0.491 e. The van der Waals surface area contributed by atoms with Gasteiger partial charge >= 0.3 is 0 Å². The number of aliphatic hydroxyl groups excluding tert-OH is 1. The van der Waals surface area contributed by atoms with E-state index in [4.69, 9.17) is 4.74 Å². The summed E-state index contributed by atoms with van der Waals surface area (Å²) in [6.07, 6.45) is 1.76. The predicted molar refractivity (Wildman–Crippen MR) is 68.1 cm³/mol. The number of hydrogen-bond acceptors (Lipinski definition) is 3. The molecule has 1 aromatic carbocycles. The standard InChI is InChI=1S/C14H17NO2/c1-14(2,9-16)10-17-12-7-3-5-11-6-4-8-15-13(11)12/h3-8,16H,9-10H2,1-2H3. The normalized spacial score (nSPS) is 11.7. The van der Waals surface area contributed by atoms with Crippen LogP contribution in [-0.2, 0) is 0 Å². The Morgan fingerprint density at radius 1 is 1.24 bits per heavy atom. The maximum atomic E-state index is 9.19. The molecule has 0 unspecified atom stereocenters. The topological polar surface area (TPSA) is 42.4 Å². The lowest BCUT2D eigenvalue weighted by atomic mass is 9.96. The van der Waals surface area contributed by atoms with E-state index in [1.54, 1.807) is 6.20 Å². The van der Waals surface area contributed by atoms with Gasteiger partial charge < -0.3 is 9.84 Å². The van der Waals surface area contributed by atoms with Gasteiger partial charge in [-0.3, -0.25) is 4.98 Å². The van der Waals surface area contributed by atoms with Crippen LogP contribution in [0.2, 0.25) is 0 Å². The quantitative estimate of drug-likeness (QED) is 0.879. The van der Waals surface area contributed by atoms with E-state index < -0.39 is 0 Å². The van der Waals surface area contributed by atoms with Crippen LogP contribution in [0.15, 0.2) is 36.5 Å². The smallest absolute Gasteiger partial charge is 0.145 e. The molecule has 0 aliphatic carbocycles. The fourth-order valence-corrected chi connectivity index (χ4v) is 1.51. The van der Waals surface area contributed by atoms with E-state index in [1.165, 1.54) is 0 Å². The maximum absolute atomic E-state index is 9.19. The van der Waals surface area contributed by atoms with Crippen molar-refractivity contribution in [3.63, 3.8) is 0 Å². The molecule has 0 spiro atoms. The average Bonchev–Trinajstić information content (AvgIpc) is 2.36. The molecule has 1 heterocycles. The second kappa shape index (κ2) is 4.72. The zero-order valence-corrected chi connectivity index (χ0v) is 10.2. The zero-order valence-electron chi connectivity index (χ0n) is 10.2. The summed E-state index contributed by atoms with van der Waals surface area (Å²) in [4.78, 5) is 4.32. The van der Waals surface area contributed by atoms with E-state index in [0.29, 0.717) is 6.61 Å². The first-order valence-corrected chi connectivity index (χ1v) is 5.70. The Labute approximate surface area is 101 Å². The molecule has 1 aromatic heterocycles. The summed E-state index contributed by atoms with van der Waals surface area (Å²) in [5, 5.41) is 10.3. The van der Waals surface area contributed by atoms with Crippen molar-refractivity contribution >= 4 is 10.9 Å². The van der Waals surface area contributed by atoms with Gasteiger partial charge in [0.1, 0.15) is 11.3 Å². The Hall–Kier alpha value is -1.61. The highest BCUT2D eigenvalue weighted by molar-refractivity contribution is 5.84. The van der Waals surface area contributed by atoms with Gasteiger partial charge in [-0.25, -0.2) is 0 Å². The summed E-state index contributed by atoms with van der Waals surface area (Å²) in [6.45, 7) is 4.50. The van der Waals surface area contributed by atoms with E-state index in [0.717, 1.165) is 16.7 Å². The van der Waals surface area contributed by atoms with Crippen molar-refractivity contribution in [3.05, 3.63) is 36.5 Å². The van der Waals surface area contributed by atoms with Gasteiger partial charge in [0.05, 0.1) is 13.2 Å². The number of nitrogens with zero attached hydrogens (tertiary/aromatic N) is 1. The SMILES string of the molecule is CC(C)(CO)COc1cccc2cccnc12. The molecule has 0 bridgehead atoms. The molecule has 3 nitrogen and oxygen atoms in total. The molecule has 0 radical (unpaired) electrons. The number of ether oxygens (including phenoxy) is 1. The molecular weight excluding hydrogens is 214 g/mol. The lowest BCUT2D eigenvalue weighted by Gasteiger charge is -2.22. The van der Waals surface area contributed by atoms with Crippen molar-refractivity contribution in [2.45, 2.75) is 13.8 Å². The number of hydrogen-bond donors (Lipinski definition) is 1. The fraction of sp³-hybridized carbons (Fsp3) is 0.357. The molecule has 17 heavy (non-hydrogen) atoms. The third-order valence-corrected chi connectivity index (χ3v) is 2.64. The molecule has 90 valence electrons. The van der Waals surface area contributed by atoms with Crippen LogP contribution in [-0.4, -0.2) is 23.3 Å². The third-order valence-electron chi connectivity index (χ3n) is 2.64. The van der Waals surface area contributed by atoms with Crippen LogP contribution in [0.4, 0.5) is 0 Å². The van der Waals surface area contributed by atoms with Crippen molar-refractivity contribution in [1.82, 2.24) is 4.98 Å². The number of aliphatic hydroxyl groups is 1. The van der Waals surface area contributed by atoms with E-state index in [1.807, 2.05) is 44.2 Å². The molecule has 1 N–H and O–H groups in total. The summed E-state index contributed by atoms with van der Waals surface area (Å²) in [5.74, 6) is 0.768. The Morgan fingerprint density at radius 2 is 2.00 bits per heavy atom. The summed E-state index contributed by atoms with van der Waals surface area (Å²) >= 11 is 0. The highest BCUT2D eigenvalue weighted by Gasteiger charge is 2.18. The summed E-state index contributed by atoms with van der Waals surface area (Å²) in [5.41, 5.74) is 0.625. The Bertz CT molecular complexity index is 503. The lowest BCUT2D eigenvalue weighted by molar-refractivity contribution is 0.0982. The minimum atomic E-state index is -0.239. The van der Waals surface area contributed by atoms with E-state index >= 15 is 0 Å². The number of benzene rings is 1. The molecular formula is C14H17NO2. The fourth-order valence-electron chi connectivity index (χ4n) is 1.51. The number of para-hydroxylation sites is 1. The van der Waals surface area contributed by atoms with Crippen LogP contribution in [0.1, 0.15) is 13.8 Å². The van der Waals surface area contributed by atoms with Crippen LogP contribution in [0.3, 0.4) is 0 Å². The van der Waals surface area contributed by atoms with Crippen molar-refractivity contribution in [3.8, 4) is 5.75 Å². The van der Waals surface area contributed by atoms with Gasteiger partial charge in [-0.2, -0.15) is 0 Å². The Kier molecular flexibility index (Phi) is 3.29. The van der Waals surface area contributed by atoms with Crippen LogP contribution in [0, 0.1) is 5.41 Å². The summed E-state index contributed by atoms with van der Waals surface area (Å²) in [7, 11) is 0. The number of aromatic nitrogens is 1. The first kappa shape index (κ1) is 11.9. The zero-order chi connectivity index (χ0) is 12.3. The molecule has 3 heteroatoms. The van der Waals surface area contributed by atoms with E-state index in [-0.39, 0.29) is 12.0 Å². The van der Waals surface area contributed by atoms with Gasteiger partial charge in [0.25, 0.3) is 0 Å². The van der Waals surface area contributed by atoms with Crippen LogP contribution in [0.25, 0.3) is 10.9 Å². The van der Waals surface area contributed by atoms with Crippen LogP contribution in [0.5, 0.6) is 5.75 Å². The molecule has 0 amide bonds. The highest BCUT2D eigenvalue weighted by atomic mass is 16.5. The van der Waals surface area contributed by atoms with E-state index in [9.17, 15) is 5.11 Å². The van der Waals surface area contributed by atoms with Crippen molar-refractivity contribution in [2.75, 3.05) is 13.2 Å². The van der Waals surface area contributed by atoms with Crippen LogP contribution < -0.4 is 4.74 Å². The lowest BCUT2D eigenvalue weighted by Crippen LogP contribution is -2.25. The molecule has 0 fully saturated rings. The van der Waals surface area contributed by atoms with Gasteiger partial charge in [-0.15, -0.1) is 0 Å². The monoisotopic (exact) mass is 231 g/mol.